The Labute approximate surface area is 86.9 Å². The van der Waals surface area contributed by atoms with Crippen LogP contribution in [0.2, 0.25) is 0 Å². The average Bonchev–Trinajstić information content (AvgIpc) is 2.46. The highest BCUT2D eigenvalue weighted by Gasteiger charge is 2.08. The second-order valence-electron chi connectivity index (χ2n) is 2.68. The van der Waals surface area contributed by atoms with Gasteiger partial charge in [0.25, 0.3) is 0 Å². The molecule has 1 aromatic heterocycles. The van der Waals surface area contributed by atoms with Crippen LogP contribution in [0, 0.1) is 5.82 Å². The lowest BCUT2D eigenvalue weighted by Crippen LogP contribution is -1.86. The van der Waals surface area contributed by atoms with Crippen LogP contribution in [0.5, 0.6) is 0 Å². The topological polar surface area (TPSA) is 20.2 Å². The molecular formula is C9H6BrFOS. The van der Waals surface area contributed by atoms with Crippen molar-refractivity contribution in [1.29, 1.82) is 0 Å². The molecule has 13 heavy (non-hydrogen) atoms. The van der Waals surface area contributed by atoms with E-state index >= 15 is 0 Å². The van der Waals surface area contributed by atoms with Gasteiger partial charge < -0.3 is 5.11 Å². The van der Waals surface area contributed by atoms with Gasteiger partial charge in [-0.05, 0) is 33.6 Å². The van der Waals surface area contributed by atoms with Gasteiger partial charge in [0.1, 0.15) is 5.82 Å². The number of hydrogen-bond donors (Lipinski definition) is 1. The van der Waals surface area contributed by atoms with Crippen LogP contribution in [0.25, 0.3) is 10.1 Å². The van der Waals surface area contributed by atoms with Gasteiger partial charge in [0.05, 0.1) is 6.61 Å². The van der Waals surface area contributed by atoms with Gasteiger partial charge in [-0.15, -0.1) is 11.3 Å². The molecule has 4 heteroatoms. The molecule has 0 saturated heterocycles. The molecule has 0 radical (unpaired) electrons. The first-order chi connectivity index (χ1) is 6.22. The first-order valence-corrected chi connectivity index (χ1v) is 5.35. The molecule has 1 heterocycles. The fourth-order valence-corrected chi connectivity index (χ4v) is 3.07. The zero-order valence-electron chi connectivity index (χ0n) is 6.55. The van der Waals surface area contributed by atoms with E-state index in [1.165, 1.54) is 23.5 Å². The summed E-state index contributed by atoms with van der Waals surface area (Å²) in [5, 5.41) is 11.8. The summed E-state index contributed by atoms with van der Waals surface area (Å²) in [6.45, 7) is -0.135. The maximum Gasteiger partial charge on any atom is 0.125 e. The standard InChI is InChI=1S/C9H6BrFOS/c10-7-4-13-8-2-6(11)1-5(3-12)9(7)8/h1-2,4,12H,3H2. The summed E-state index contributed by atoms with van der Waals surface area (Å²) in [5.74, 6) is -0.300. The predicted molar refractivity (Wildman–Crippen MR) is 55.4 cm³/mol. The highest BCUT2D eigenvalue weighted by Crippen LogP contribution is 2.33. The van der Waals surface area contributed by atoms with Gasteiger partial charge in [0.15, 0.2) is 0 Å². The monoisotopic (exact) mass is 260 g/mol. The molecule has 1 N–H and O–H groups in total. The molecule has 2 aromatic rings. The Bertz CT molecular complexity index is 452. The van der Waals surface area contributed by atoms with Gasteiger partial charge in [-0.3, -0.25) is 0 Å². The molecule has 0 aliphatic carbocycles. The fourth-order valence-electron chi connectivity index (χ4n) is 1.30. The van der Waals surface area contributed by atoms with Gasteiger partial charge >= 0.3 is 0 Å². The Balaban J connectivity index is 2.85. The quantitative estimate of drug-likeness (QED) is 0.835. The summed E-state index contributed by atoms with van der Waals surface area (Å²) in [6, 6.07) is 2.84. The second kappa shape index (κ2) is 3.36. The van der Waals surface area contributed by atoms with E-state index in [2.05, 4.69) is 15.9 Å². The number of aliphatic hydroxyl groups is 1. The van der Waals surface area contributed by atoms with Crippen molar-refractivity contribution in [1.82, 2.24) is 0 Å². The van der Waals surface area contributed by atoms with Gasteiger partial charge in [0.2, 0.25) is 0 Å². The zero-order valence-corrected chi connectivity index (χ0v) is 8.95. The third-order valence-corrected chi connectivity index (χ3v) is 3.71. The minimum Gasteiger partial charge on any atom is -0.392 e. The third kappa shape index (κ3) is 1.49. The molecule has 0 aliphatic rings. The van der Waals surface area contributed by atoms with Crippen molar-refractivity contribution in [2.45, 2.75) is 6.61 Å². The molecule has 2 rings (SSSR count). The summed E-state index contributed by atoms with van der Waals surface area (Å²) in [5.41, 5.74) is 0.628. The van der Waals surface area contributed by atoms with E-state index in [0.29, 0.717) is 5.56 Å². The molecule has 0 amide bonds. The summed E-state index contributed by atoms with van der Waals surface area (Å²) in [4.78, 5) is 0. The van der Waals surface area contributed by atoms with Crippen molar-refractivity contribution in [2.75, 3.05) is 0 Å². The van der Waals surface area contributed by atoms with E-state index in [1.807, 2.05) is 5.38 Å². The molecule has 0 aliphatic heterocycles. The lowest BCUT2D eigenvalue weighted by Gasteiger charge is -2.00. The van der Waals surface area contributed by atoms with E-state index in [4.69, 9.17) is 5.11 Å². The summed E-state index contributed by atoms with van der Waals surface area (Å²) in [7, 11) is 0. The number of rotatable bonds is 1. The van der Waals surface area contributed by atoms with E-state index in [9.17, 15) is 4.39 Å². The van der Waals surface area contributed by atoms with Crippen molar-refractivity contribution in [3.05, 3.63) is 33.4 Å². The SMILES string of the molecule is OCc1cc(F)cc2scc(Br)c12. The Hall–Kier alpha value is -0.450. The Morgan fingerprint density at radius 2 is 2.23 bits per heavy atom. The lowest BCUT2D eigenvalue weighted by atomic mass is 10.1. The van der Waals surface area contributed by atoms with Crippen LogP contribution in [0.4, 0.5) is 4.39 Å². The summed E-state index contributed by atoms with van der Waals surface area (Å²) in [6.07, 6.45) is 0. The van der Waals surface area contributed by atoms with Crippen LogP contribution in [0.3, 0.4) is 0 Å². The molecule has 0 spiro atoms. The van der Waals surface area contributed by atoms with Gasteiger partial charge in [-0.1, -0.05) is 0 Å². The summed E-state index contributed by atoms with van der Waals surface area (Å²) < 4.78 is 14.7. The maximum absolute atomic E-state index is 13.0. The molecule has 0 unspecified atom stereocenters. The van der Waals surface area contributed by atoms with Crippen LogP contribution in [-0.4, -0.2) is 5.11 Å². The van der Waals surface area contributed by atoms with Crippen molar-refractivity contribution in [3.8, 4) is 0 Å². The van der Waals surface area contributed by atoms with E-state index < -0.39 is 0 Å². The number of fused-ring (bicyclic) bond motifs is 1. The van der Waals surface area contributed by atoms with E-state index in [-0.39, 0.29) is 12.4 Å². The number of benzene rings is 1. The number of hydrogen-bond acceptors (Lipinski definition) is 2. The van der Waals surface area contributed by atoms with Crippen molar-refractivity contribution >= 4 is 37.4 Å². The lowest BCUT2D eigenvalue weighted by molar-refractivity contribution is 0.283. The highest BCUT2D eigenvalue weighted by molar-refractivity contribution is 9.10. The van der Waals surface area contributed by atoms with Crippen molar-refractivity contribution < 1.29 is 9.50 Å². The second-order valence-corrected chi connectivity index (χ2v) is 4.45. The first kappa shape index (κ1) is 9.12. The van der Waals surface area contributed by atoms with Crippen LogP contribution in [0.1, 0.15) is 5.56 Å². The molecule has 1 nitrogen and oxygen atoms in total. The van der Waals surface area contributed by atoms with Crippen LogP contribution < -0.4 is 0 Å². The minimum absolute atomic E-state index is 0.135. The van der Waals surface area contributed by atoms with E-state index in [1.54, 1.807) is 0 Å². The molecule has 0 saturated carbocycles. The third-order valence-electron chi connectivity index (χ3n) is 1.85. The maximum atomic E-state index is 13.0. The minimum atomic E-state index is -0.300. The van der Waals surface area contributed by atoms with Crippen molar-refractivity contribution in [3.63, 3.8) is 0 Å². The zero-order chi connectivity index (χ0) is 9.42. The number of thiophene rings is 1. The van der Waals surface area contributed by atoms with Crippen LogP contribution in [0.15, 0.2) is 22.0 Å². The number of halogens is 2. The predicted octanol–water partition coefficient (Wildman–Crippen LogP) is 3.30. The molecule has 68 valence electrons. The Morgan fingerprint density at radius 1 is 1.46 bits per heavy atom. The van der Waals surface area contributed by atoms with Crippen LogP contribution in [-0.2, 0) is 6.61 Å². The first-order valence-electron chi connectivity index (χ1n) is 3.68. The highest BCUT2D eigenvalue weighted by atomic mass is 79.9. The normalized spacial score (nSPS) is 11.0. The molecule has 0 atom stereocenters. The molecule has 0 fully saturated rings. The Morgan fingerprint density at radius 3 is 2.92 bits per heavy atom. The summed E-state index contributed by atoms with van der Waals surface area (Å²) >= 11 is 4.82. The average molecular weight is 261 g/mol. The molecule has 0 bridgehead atoms. The fraction of sp³-hybridized carbons (Fsp3) is 0.111. The number of aliphatic hydroxyl groups excluding tert-OH is 1. The smallest absolute Gasteiger partial charge is 0.125 e. The Kier molecular flexibility index (Phi) is 2.36. The molecular weight excluding hydrogens is 255 g/mol. The van der Waals surface area contributed by atoms with Gasteiger partial charge in [-0.25, -0.2) is 4.39 Å². The molecule has 1 aromatic carbocycles. The van der Waals surface area contributed by atoms with Gasteiger partial charge in [0, 0.05) is 19.9 Å². The van der Waals surface area contributed by atoms with Crippen LogP contribution >= 0.6 is 27.3 Å². The van der Waals surface area contributed by atoms with Crippen molar-refractivity contribution in [2.24, 2.45) is 0 Å². The largest absolute Gasteiger partial charge is 0.392 e. The van der Waals surface area contributed by atoms with Gasteiger partial charge in [-0.2, -0.15) is 0 Å². The van der Waals surface area contributed by atoms with E-state index in [0.717, 1.165) is 14.6 Å².